The molecular weight excluding hydrogens is 458 g/mol. The molecule has 0 spiro atoms. The number of benzene rings is 3. The molecule has 35 heavy (non-hydrogen) atoms. The summed E-state index contributed by atoms with van der Waals surface area (Å²) < 4.78 is 0. The van der Waals surface area contributed by atoms with Crippen molar-refractivity contribution < 1.29 is 14.4 Å². The van der Waals surface area contributed by atoms with E-state index in [0.29, 0.717) is 38.9 Å². The molecule has 0 atom stereocenters. The lowest BCUT2D eigenvalue weighted by atomic mass is 9.92. The van der Waals surface area contributed by atoms with Gasteiger partial charge in [-0.3, -0.25) is 19.3 Å². The first-order chi connectivity index (χ1) is 16.9. The highest BCUT2D eigenvalue weighted by Gasteiger charge is 2.36. The molecule has 3 aromatic carbocycles. The van der Waals surface area contributed by atoms with E-state index in [-0.39, 0.29) is 11.8 Å². The van der Waals surface area contributed by atoms with Crippen molar-refractivity contribution in [2.24, 2.45) is 0 Å². The maximum absolute atomic E-state index is 13.6. The van der Waals surface area contributed by atoms with E-state index in [1.807, 2.05) is 49.4 Å². The van der Waals surface area contributed by atoms with Crippen molar-refractivity contribution in [3.8, 4) is 0 Å². The summed E-state index contributed by atoms with van der Waals surface area (Å²) in [5.41, 5.74) is 4.16. The molecule has 0 radical (unpaired) electrons. The second kappa shape index (κ2) is 9.12. The van der Waals surface area contributed by atoms with E-state index in [4.69, 9.17) is 0 Å². The van der Waals surface area contributed by atoms with Gasteiger partial charge in [-0.15, -0.1) is 11.3 Å². The number of carbonyl (C=O) groups excluding carboxylic acids is 3. The SMILES string of the molecule is CC(=O)N(c1ccccc1)c1nc(C=C2C(=O)N(c3ccc(C)cc3)C(=O)c3ccccc32)cs1. The molecule has 7 heteroatoms. The molecule has 2 heterocycles. The number of hydrogen-bond donors (Lipinski definition) is 0. The van der Waals surface area contributed by atoms with Crippen molar-refractivity contribution in [2.45, 2.75) is 13.8 Å². The Balaban J connectivity index is 1.58. The molecule has 6 nitrogen and oxygen atoms in total. The van der Waals surface area contributed by atoms with Gasteiger partial charge in [-0.05, 0) is 43.3 Å². The zero-order valence-electron chi connectivity index (χ0n) is 19.1. The fraction of sp³-hybridized carbons (Fsp3) is 0.0714. The van der Waals surface area contributed by atoms with Crippen LogP contribution < -0.4 is 9.80 Å². The van der Waals surface area contributed by atoms with Crippen molar-refractivity contribution in [2.75, 3.05) is 9.80 Å². The quantitative estimate of drug-likeness (QED) is 0.271. The summed E-state index contributed by atoms with van der Waals surface area (Å²) in [7, 11) is 0. The van der Waals surface area contributed by atoms with Crippen molar-refractivity contribution >= 4 is 57.2 Å². The Kier molecular flexibility index (Phi) is 5.84. The number of thiazole rings is 1. The van der Waals surface area contributed by atoms with Crippen LogP contribution in [0.3, 0.4) is 0 Å². The van der Waals surface area contributed by atoms with Crippen molar-refractivity contribution in [1.82, 2.24) is 4.98 Å². The lowest BCUT2D eigenvalue weighted by molar-refractivity contribution is -0.116. The summed E-state index contributed by atoms with van der Waals surface area (Å²) in [4.78, 5) is 46.6. The van der Waals surface area contributed by atoms with Gasteiger partial charge in [0.05, 0.1) is 22.6 Å². The maximum atomic E-state index is 13.6. The molecule has 5 rings (SSSR count). The molecule has 0 aliphatic carbocycles. The predicted molar refractivity (Wildman–Crippen MR) is 139 cm³/mol. The van der Waals surface area contributed by atoms with E-state index in [0.717, 1.165) is 5.56 Å². The average Bonchev–Trinajstić information content (AvgIpc) is 3.31. The zero-order valence-corrected chi connectivity index (χ0v) is 20.0. The third-order valence-corrected chi connectivity index (χ3v) is 6.54. The highest BCUT2D eigenvalue weighted by atomic mass is 32.1. The van der Waals surface area contributed by atoms with Crippen LogP contribution in [0.4, 0.5) is 16.5 Å². The van der Waals surface area contributed by atoms with Gasteiger partial charge in [0.2, 0.25) is 5.91 Å². The number of fused-ring (bicyclic) bond motifs is 1. The standard InChI is InChI=1S/C28H21N3O3S/c1-18-12-14-22(15-13-18)31-26(33)24-11-7-6-10-23(24)25(27(31)34)16-20-17-35-28(29-20)30(19(2)32)21-8-4-3-5-9-21/h3-17H,1-2H3. The number of imide groups is 1. The van der Waals surface area contributed by atoms with E-state index in [1.165, 1.54) is 28.1 Å². The first-order valence-electron chi connectivity index (χ1n) is 11.0. The van der Waals surface area contributed by atoms with Crippen LogP contribution in [0.15, 0.2) is 84.2 Å². The van der Waals surface area contributed by atoms with E-state index >= 15 is 0 Å². The van der Waals surface area contributed by atoms with Gasteiger partial charge in [-0.2, -0.15) is 0 Å². The van der Waals surface area contributed by atoms with Crippen LogP contribution >= 0.6 is 11.3 Å². The van der Waals surface area contributed by atoms with Crippen LogP contribution in [0.5, 0.6) is 0 Å². The van der Waals surface area contributed by atoms with E-state index in [2.05, 4.69) is 4.98 Å². The number of para-hydroxylation sites is 1. The Labute approximate surface area is 206 Å². The summed E-state index contributed by atoms with van der Waals surface area (Å²) in [6.45, 7) is 3.43. The Morgan fingerprint density at radius 3 is 2.23 bits per heavy atom. The molecule has 1 aromatic heterocycles. The van der Waals surface area contributed by atoms with Gasteiger partial charge < -0.3 is 0 Å². The summed E-state index contributed by atoms with van der Waals surface area (Å²) in [5.74, 6) is -0.948. The molecule has 0 saturated heterocycles. The fourth-order valence-corrected chi connectivity index (χ4v) is 4.86. The number of carbonyl (C=O) groups is 3. The van der Waals surface area contributed by atoms with Gasteiger partial charge in [0, 0.05) is 23.4 Å². The van der Waals surface area contributed by atoms with Crippen LogP contribution in [-0.2, 0) is 9.59 Å². The van der Waals surface area contributed by atoms with Crippen molar-refractivity contribution in [1.29, 1.82) is 0 Å². The van der Waals surface area contributed by atoms with Gasteiger partial charge in [0.15, 0.2) is 5.13 Å². The molecule has 0 saturated carbocycles. The molecule has 172 valence electrons. The number of aromatic nitrogens is 1. The summed E-state index contributed by atoms with van der Waals surface area (Å²) >= 11 is 1.31. The minimum Gasteiger partial charge on any atom is -0.274 e. The normalized spacial score (nSPS) is 14.2. The van der Waals surface area contributed by atoms with Crippen molar-refractivity contribution in [3.63, 3.8) is 0 Å². The number of anilines is 3. The lowest BCUT2D eigenvalue weighted by Crippen LogP contribution is -2.41. The second-order valence-corrected chi connectivity index (χ2v) is 8.97. The number of amides is 3. The first-order valence-corrected chi connectivity index (χ1v) is 11.9. The lowest BCUT2D eigenvalue weighted by Gasteiger charge is -2.28. The summed E-state index contributed by atoms with van der Waals surface area (Å²) in [6.07, 6.45) is 1.68. The van der Waals surface area contributed by atoms with Gasteiger partial charge in [-0.25, -0.2) is 9.88 Å². The Morgan fingerprint density at radius 1 is 0.886 bits per heavy atom. The molecule has 1 aliphatic rings. The number of hydrogen-bond acceptors (Lipinski definition) is 5. The predicted octanol–water partition coefficient (Wildman–Crippen LogP) is 5.86. The maximum Gasteiger partial charge on any atom is 0.266 e. The Bertz CT molecular complexity index is 1470. The monoisotopic (exact) mass is 479 g/mol. The highest BCUT2D eigenvalue weighted by molar-refractivity contribution is 7.14. The Hall–Kier alpha value is -4.36. The molecule has 0 unspecified atom stereocenters. The molecule has 0 bridgehead atoms. The first kappa shape index (κ1) is 22.4. The third-order valence-electron chi connectivity index (χ3n) is 5.70. The zero-order chi connectivity index (χ0) is 24.5. The fourth-order valence-electron chi connectivity index (χ4n) is 4.02. The van der Waals surface area contributed by atoms with Gasteiger partial charge in [0.1, 0.15) is 0 Å². The van der Waals surface area contributed by atoms with Crippen LogP contribution in [0, 0.1) is 6.92 Å². The molecule has 0 fully saturated rings. The second-order valence-electron chi connectivity index (χ2n) is 8.13. The molecular formula is C28H21N3O3S. The average molecular weight is 480 g/mol. The number of rotatable bonds is 4. The van der Waals surface area contributed by atoms with E-state index in [9.17, 15) is 14.4 Å². The van der Waals surface area contributed by atoms with Crippen LogP contribution in [0.1, 0.15) is 34.1 Å². The van der Waals surface area contributed by atoms with Gasteiger partial charge in [0.25, 0.3) is 11.8 Å². The Morgan fingerprint density at radius 2 is 1.54 bits per heavy atom. The van der Waals surface area contributed by atoms with Crippen molar-refractivity contribution in [3.05, 3.63) is 107 Å². The largest absolute Gasteiger partial charge is 0.274 e. The molecule has 3 amide bonds. The minimum absolute atomic E-state index is 0.167. The van der Waals surface area contributed by atoms with Crippen LogP contribution in [0.2, 0.25) is 0 Å². The topological polar surface area (TPSA) is 70.6 Å². The molecule has 1 aliphatic heterocycles. The van der Waals surface area contributed by atoms with Crippen LogP contribution in [-0.4, -0.2) is 22.7 Å². The molecule has 4 aromatic rings. The van der Waals surface area contributed by atoms with Gasteiger partial charge >= 0.3 is 0 Å². The summed E-state index contributed by atoms with van der Waals surface area (Å²) in [6, 6.07) is 23.6. The summed E-state index contributed by atoms with van der Waals surface area (Å²) in [5, 5.41) is 2.29. The number of nitrogens with zero attached hydrogens (tertiary/aromatic N) is 3. The highest BCUT2D eigenvalue weighted by Crippen LogP contribution is 2.35. The van der Waals surface area contributed by atoms with E-state index in [1.54, 1.807) is 47.9 Å². The molecule has 0 N–H and O–H groups in total. The smallest absolute Gasteiger partial charge is 0.266 e. The number of aryl methyl sites for hydroxylation is 1. The van der Waals surface area contributed by atoms with Gasteiger partial charge in [-0.1, -0.05) is 54.1 Å². The van der Waals surface area contributed by atoms with E-state index < -0.39 is 5.91 Å². The van der Waals surface area contributed by atoms with Crippen LogP contribution in [0.25, 0.3) is 11.6 Å². The minimum atomic E-state index is -0.418. The third kappa shape index (κ3) is 4.18.